The van der Waals surface area contributed by atoms with E-state index in [1.165, 1.54) is 9.80 Å². The molecule has 1 spiro atoms. The average Bonchev–Trinajstić information content (AvgIpc) is 3.21. The predicted molar refractivity (Wildman–Crippen MR) is 138 cm³/mol. The van der Waals surface area contributed by atoms with Crippen molar-refractivity contribution in [3.8, 4) is 5.75 Å². The van der Waals surface area contributed by atoms with Crippen LogP contribution in [0.15, 0.2) is 60.7 Å². The van der Waals surface area contributed by atoms with Crippen molar-refractivity contribution in [3.63, 3.8) is 0 Å². The van der Waals surface area contributed by atoms with E-state index in [0.717, 1.165) is 5.56 Å². The molecule has 0 bridgehead atoms. The van der Waals surface area contributed by atoms with Crippen LogP contribution >= 0.6 is 0 Å². The van der Waals surface area contributed by atoms with Gasteiger partial charge in [-0.2, -0.15) is 0 Å². The Morgan fingerprint density at radius 2 is 1.89 bits per heavy atom. The summed E-state index contributed by atoms with van der Waals surface area (Å²) in [5, 5.41) is 11.5. The first-order chi connectivity index (χ1) is 17.2. The summed E-state index contributed by atoms with van der Waals surface area (Å²) in [6.07, 6.45) is 2.18. The molecule has 8 nitrogen and oxygen atoms in total. The number of Topliss-reactive ketones (excluding diaryl/α,β-unsaturated/α-hetero) is 1. The number of rotatable bonds is 8. The van der Waals surface area contributed by atoms with Crippen LogP contribution in [0.4, 0.5) is 5.69 Å². The molecule has 188 valence electrons. The molecular weight excluding hydrogens is 458 g/mol. The number of likely N-dealkylation sites (N-methyl/N-ethyl adjacent to an activating group) is 1. The van der Waals surface area contributed by atoms with E-state index in [2.05, 4.69) is 6.58 Å². The highest BCUT2D eigenvalue weighted by Crippen LogP contribution is 2.53. The molecule has 1 fully saturated rings. The molecule has 2 aliphatic heterocycles. The second-order valence-corrected chi connectivity index (χ2v) is 9.34. The number of ether oxygens (including phenoxy) is 1. The molecule has 4 rings (SSSR count). The minimum absolute atomic E-state index is 0.181. The molecule has 2 heterocycles. The molecule has 0 aromatic heterocycles. The van der Waals surface area contributed by atoms with Gasteiger partial charge in [-0.3, -0.25) is 14.4 Å². The maximum absolute atomic E-state index is 14.0. The van der Waals surface area contributed by atoms with Crippen LogP contribution < -0.4 is 9.64 Å². The van der Waals surface area contributed by atoms with Crippen LogP contribution in [-0.4, -0.2) is 73.3 Å². The number of carbonyl (C=O) groups is 3. The number of carbonyl (C=O) groups excluding carboxylic acids is 3. The minimum Gasteiger partial charge on any atom is -0.507 e. The lowest BCUT2D eigenvalue weighted by Crippen LogP contribution is -2.51. The van der Waals surface area contributed by atoms with Gasteiger partial charge in [-0.25, -0.2) is 0 Å². The minimum atomic E-state index is -1.73. The molecular formula is C28H31N3O5. The summed E-state index contributed by atoms with van der Waals surface area (Å²) in [4.78, 5) is 45.6. The molecule has 0 radical (unpaired) electrons. The van der Waals surface area contributed by atoms with Crippen molar-refractivity contribution >= 4 is 29.0 Å². The number of amides is 2. The van der Waals surface area contributed by atoms with Gasteiger partial charge in [0.2, 0.25) is 0 Å². The van der Waals surface area contributed by atoms with Gasteiger partial charge in [-0.1, -0.05) is 30.9 Å². The molecule has 36 heavy (non-hydrogen) atoms. The van der Waals surface area contributed by atoms with Gasteiger partial charge in [0.15, 0.2) is 5.54 Å². The Balaban J connectivity index is 1.93. The average molecular weight is 490 g/mol. The van der Waals surface area contributed by atoms with Gasteiger partial charge >= 0.3 is 0 Å². The fourth-order valence-corrected chi connectivity index (χ4v) is 5.07. The van der Waals surface area contributed by atoms with Crippen molar-refractivity contribution in [1.82, 2.24) is 9.80 Å². The van der Waals surface area contributed by atoms with Crippen molar-refractivity contribution in [2.24, 2.45) is 0 Å². The number of benzene rings is 2. The van der Waals surface area contributed by atoms with Gasteiger partial charge in [0, 0.05) is 30.4 Å². The number of aliphatic hydroxyl groups is 1. The molecule has 0 saturated carbocycles. The Morgan fingerprint density at radius 3 is 2.56 bits per heavy atom. The lowest BCUT2D eigenvalue weighted by Gasteiger charge is -2.34. The third-order valence-corrected chi connectivity index (χ3v) is 6.73. The zero-order valence-electron chi connectivity index (χ0n) is 21.1. The smallest absolute Gasteiger partial charge is 0.296 e. The third kappa shape index (κ3) is 3.78. The van der Waals surface area contributed by atoms with Crippen molar-refractivity contribution < 1.29 is 24.2 Å². The van der Waals surface area contributed by atoms with E-state index >= 15 is 0 Å². The van der Waals surface area contributed by atoms with E-state index in [1.807, 2.05) is 25.9 Å². The first-order valence-corrected chi connectivity index (χ1v) is 11.8. The van der Waals surface area contributed by atoms with Gasteiger partial charge in [0.1, 0.15) is 18.1 Å². The van der Waals surface area contributed by atoms with Crippen molar-refractivity contribution in [2.45, 2.75) is 18.9 Å². The number of aryl methyl sites for hydroxylation is 1. The highest BCUT2D eigenvalue weighted by molar-refractivity contribution is 6.50. The Labute approximate surface area is 211 Å². The number of nitrogens with zero attached hydrogens (tertiary/aromatic N) is 3. The van der Waals surface area contributed by atoms with Crippen LogP contribution in [-0.2, 0) is 19.9 Å². The maximum Gasteiger partial charge on any atom is 0.296 e. The summed E-state index contributed by atoms with van der Waals surface area (Å²) >= 11 is 0. The number of para-hydroxylation sites is 1. The van der Waals surface area contributed by atoms with Gasteiger partial charge in [-0.05, 0) is 63.8 Å². The fraction of sp³-hybridized carbons (Fsp3) is 0.321. The summed E-state index contributed by atoms with van der Waals surface area (Å²) in [5.41, 5.74) is 0.206. The molecule has 1 unspecified atom stereocenters. The SMILES string of the molecule is C=CCOc1ccc(/C(O)=C2/C(=O)C(=O)N(CCCN(C)C)C23C(=O)N(C)c2ccccc23)cc1C. The highest BCUT2D eigenvalue weighted by Gasteiger charge is 2.66. The Morgan fingerprint density at radius 1 is 1.17 bits per heavy atom. The topological polar surface area (TPSA) is 90.4 Å². The van der Waals surface area contributed by atoms with Crippen molar-refractivity contribution in [3.05, 3.63) is 77.4 Å². The molecule has 1 N–H and O–H groups in total. The lowest BCUT2D eigenvalue weighted by molar-refractivity contribution is -0.143. The van der Waals surface area contributed by atoms with Crippen LogP contribution in [0.5, 0.6) is 5.75 Å². The molecule has 2 aliphatic rings. The lowest BCUT2D eigenvalue weighted by atomic mass is 9.81. The summed E-state index contributed by atoms with van der Waals surface area (Å²) in [6, 6.07) is 12.1. The number of ketones is 1. The first kappa shape index (κ1) is 25.2. The summed E-state index contributed by atoms with van der Waals surface area (Å²) in [5.74, 6) is -1.90. The fourth-order valence-electron chi connectivity index (χ4n) is 5.07. The first-order valence-electron chi connectivity index (χ1n) is 11.8. The highest BCUT2D eigenvalue weighted by atomic mass is 16.5. The Hall–Kier alpha value is -3.91. The molecule has 2 aromatic carbocycles. The number of likely N-dealkylation sites (tertiary alicyclic amines) is 1. The van der Waals surface area contributed by atoms with Gasteiger partial charge in [-0.15, -0.1) is 0 Å². The van der Waals surface area contributed by atoms with Crippen LogP contribution in [0, 0.1) is 6.92 Å². The van der Waals surface area contributed by atoms with Gasteiger partial charge < -0.3 is 24.5 Å². The zero-order valence-corrected chi connectivity index (χ0v) is 21.1. The third-order valence-electron chi connectivity index (χ3n) is 6.73. The largest absolute Gasteiger partial charge is 0.507 e. The van der Waals surface area contributed by atoms with Crippen molar-refractivity contribution in [2.75, 3.05) is 45.7 Å². The Kier molecular flexibility index (Phi) is 6.73. The summed E-state index contributed by atoms with van der Waals surface area (Å²) in [7, 11) is 5.45. The summed E-state index contributed by atoms with van der Waals surface area (Å²) < 4.78 is 5.63. The van der Waals surface area contributed by atoms with E-state index < -0.39 is 23.1 Å². The van der Waals surface area contributed by atoms with E-state index in [0.29, 0.717) is 42.1 Å². The Bertz CT molecular complexity index is 1280. The standard InChI is InChI=1S/C28H31N3O5/c1-6-16-36-22-13-12-19(17-18(22)2)24(32)23-25(33)26(34)31(15-9-14-29(3)4)28(23)20-10-7-8-11-21(20)30(5)27(28)35/h6-8,10-13,17,32H,1,9,14-16H2,2-5H3/b24-23+. The number of anilines is 1. The van der Waals surface area contributed by atoms with Crippen LogP contribution in [0.2, 0.25) is 0 Å². The number of hydrogen-bond acceptors (Lipinski definition) is 6. The van der Waals surface area contributed by atoms with Crippen LogP contribution in [0.25, 0.3) is 5.76 Å². The molecule has 1 atom stereocenters. The van der Waals surface area contributed by atoms with Crippen LogP contribution in [0.1, 0.15) is 23.1 Å². The second kappa shape index (κ2) is 9.62. The molecule has 1 saturated heterocycles. The van der Waals surface area contributed by atoms with E-state index in [1.54, 1.807) is 55.6 Å². The van der Waals surface area contributed by atoms with E-state index in [9.17, 15) is 19.5 Å². The monoisotopic (exact) mass is 489 g/mol. The van der Waals surface area contributed by atoms with E-state index in [-0.39, 0.29) is 17.9 Å². The molecule has 0 aliphatic carbocycles. The predicted octanol–water partition coefficient (Wildman–Crippen LogP) is 3.06. The van der Waals surface area contributed by atoms with E-state index in [4.69, 9.17) is 4.74 Å². The second-order valence-electron chi connectivity index (χ2n) is 9.34. The van der Waals surface area contributed by atoms with Gasteiger partial charge in [0.05, 0.1) is 5.57 Å². The maximum atomic E-state index is 14.0. The molecule has 2 aromatic rings. The van der Waals surface area contributed by atoms with Crippen LogP contribution in [0.3, 0.4) is 0 Å². The quantitative estimate of drug-likeness (QED) is 0.265. The van der Waals surface area contributed by atoms with Gasteiger partial charge in [0.25, 0.3) is 17.6 Å². The molecule has 8 heteroatoms. The number of aliphatic hydroxyl groups excluding tert-OH is 1. The normalized spacial score (nSPS) is 20.5. The zero-order chi connectivity index (χ0) is 26.2. The van der Waals surface area contributed by atoms with Crippen molar-refractivity contribution in [1.29, 1.82) is 0 Å². The number of hydrogen-bond donors (Lipinski definition) is 1. The molecule has 2 amide bonds. The summed E-state index contributed by atoms with van der Waals surface area (Å²) in [6.45, 7) is 6.62. The number of fused-ring (bicyclic) bond motifs is 2.